The summed E-state index contributed by atoms with van der Waals surface area (Å²) in [4.78, 5) is 35.9. The fourth-order valence-corrected chi connectivity index (χ4v) is 9.49. The summed E-state index contributed by atoms with van der Waals surface area (Å²) < 4.78 is 6.23. The van der Waals surface area contributed by atoms with Crippen LogP contribution in [0.5, 0.6) is 0 Å². The van der Waals surface area contributed by atoms with Gasteiger partial charge in [-0.15, -0.1) is 0 Å². The average molecular weight is 563 g/mol. The van der Waals surface area contributed by atoms with Crippen LogP contribution in [0.2, 0.25) is 0 Å². The minimum absolute atomic E-state index is 0.759. The van der Waals surface area contributed by atoms with Crippen LogP contribution in [0, 0.1) is 0 Å². The van der Waals surface area contributed by atoms with Gasteiger partial charge in [0.1, 0.15) is 0 Å². The standard InChI is InChI=1S/C30H59O7P/c1-4-7-10-13-16-19-22-38(23-20-17-14-11-8-5-2,24-21-18-15-12-9-6-3)37-28(33)26-30(36,29(34)35)25-27(31)32/h36,38H,4-26H2,1-3H3,(H,31,32)(H,34,35). The average Bonchev–Trinajstić information content (AvgIpc) is 2.85. The second kappa shape index (κ2) is 22.6. The van der Waals surface area contributed by atoms with E-state index in [-0.39, 0.29) is 0 Å². The van der Waals surface area contributed by atoms with E-state index in [0.29, 0.717) is 0 Å². The maximum atomic E-state index is 13.1. The molecule has 0 rings (SSSR count). The molecule has 0 aromatic rings. The normalized spacial score (nSPS) is 13.7. The van der Waals surface area contributed by atoms with Crippen LogP contribution in [0.3, 0.4) is 0 Å². The third kappa shape index (κ3) is 18.2. The molecule has 0 radical (unpaired) electrons. The summed E-state index contributed by atoms with van der Waals surface area (Å²) in [6.07, 6.45) is 21.4. The van der Waals surface area contributed by atoms with Crippen molar-refractivity contribution in [1.29, 1.82) is 0 Å². The minimum atomic E-state index is -2.65. The Bertz CT molecular complexity index is 599. The number of hydrogen-bond donors (Lipinski definition) is 3. The van der Waals surface area contributed by atoms with Gasteiger partial charge in [-0.25, -0.2) is 0 Å². The number of carbonyl (C=O) groups excluding carboxylic acids is 1. The van der Waals surface area contributed by atoms with Crippen molar-refractivity contribution in [1.82, 2.24) is 0 Å². The zero-order valence-corrected chi connectivity index (χ0v) is 25.7. The van der Waals surface area contributed by atoms with Crippen molar-refractivity contribution >= 4 is 25.4 Å². The second-order valence-electron chi connectivity index (χ2n) is 11.3. The number of aliphatic hydroxyl groups is 1. The van der Waals surface area contributed by atoms with Crippen LogP contribution in [-0.2, 0) is 18.9 Å². The van der Waals surface area contributed by atoms with Gasteiger partial charge in [-0.2, -0.15) is 0 Å². The topological polar surface area (TPSA) is 121 Å². The van der Waals surface area contributed by atoms with E-state index in [2.05, 4.69) is 20.8 Å². The number of carboxylic acids is 2. The van der Waals surface area contributed by atoms with Gasteiger partial charge in [0.15, 0.2) is 0 Å². The molecule has 0 fully saturated rings. The molecule has 0 bridgehead atoms. The third-order valence-electron chi connectivity index (χ3n) is 7.57. The number of carbonyl (C=O) groups is 3. The summed E-state index contributed by atoms with van der Waals surface area (Å²) in [7, 11) is -2.54. The SMILES string of the molecule is CCCCCCCC[PH](CCCCCCCC)(CCCCCCCC)OC(=O)CC(O)(CC(=O)O)C(=O)O. The van der Waals surface area contributed by atoms with Crippen LogP contribution in [0.1, 0.15) is 149 Å². The van der Waals surface area contributed by atoms with Gasteiger partial charge in [-0.1, -0.05) is 0 Å². The summed E-state index contributed by atoms with van der Waals surface area (Å²) in [5.41, 5.74) is -2.65. The van der Waals surface area contributed by atoms with Crippen molar-refractivity contribution in [2.24, 2.45) is 0 Å². The number of carboxylic acid groups (broad SMARTS) is 2. The first-order valence-corrected chi connectivity index (χ1v) is 18.1. The summed E-state index contributed by atoms with van der Waals surface area (Å²) in [6.45, 7) is 6.59. The molecule has 1 atom stereocenters. The quantitative estimate of drug-likeness (QED) is 0.0686. The molecule has 0 heterocycles. The molecule has 1 unspecified atom stereocenters. The molecule has 3 N–H and O–H groups in total. The van der Waals surface area contributed by atoms with Gasteiger partial charge in [0.05, 0.1) is 0 Å². The molecule has 7 nitrogen and oxygen atoms in total. The third-order valence-corrected chi connectivity index (χ3v) is 12.0. The van der Waals surface area contributed by atoms with E-state index >= 15 is 0 Å². The molecule has 0 aliphatic heterocycles. The molecular weight excluding hydrogens is 503 g/mol. The Morgan fingerprint density at radius 1 is 0.579 bits per heavy atom. The molecule has 0 aromatic carbocycles. The van der Waals surface area contributed by atoms with Gasteiger partial charge in [-0.05, 0) is 0 Å². The first kappa shape index (κ1) is 36.8. The van der Waals surface area contributed by atoms with Crippen LogP contribution in [0.15, 0.2) is 0 Å². The van der Waals surface area contributed by atoms with Crippen molar-refractivity contribution in [3.8, 4) is 0 Å². The first-order chi connectivity index (χ1) is 18.1. The van der Waals surface area contributed by atoms with Gasteiger partial charge < -0.3 is 0 Å². The molecule has 0 aliphatic carbocycles. The van der Waals surface area contributed by atoms with E-state index in [1.54, 1.807) is 0 Å². The number of aliphatic carboxylic acids is 2. The molecule has 8 heteroatoms. The van der Waals surface area contributed by atoms with E-state index in [0.717, 1.165) is 76.3 Å². The summed E-state index contributed by atoms with van der Waals surface area (Å²) in [6, 6.07) is 0. The van der Waals surface area contributed by atoms with E-state index in [1.807, 2.05) is 0 Å². The summed E-state index contributed by atoms with van der Waals surface area (Å²) >= 11 is 0. The Morgan fingerprint density at radius 2 is 0.921 bits per heavy atom. The summed E-state index contributed by atoms with van der Waals surface area (Å²) in [5, 5.41) is 29.0. The van der Waals surface area contributed by atoms with Gasteiger partial charge >= 0.3 is 233 Å². The molecule has 0 spiro atoms. The zero-order chi connectivity index (χ0) is 28.7. The fourth-order valence-electron chi connectivity index (χ4n) is 5.19. The predicted molar refractivity (Wildman–Crippen MR) is 159 cm³/mol. The Kier molecular flexibility index (Phi) is 21.9. The molecule has 0 saturated carbocycles. The van der Waals surface area contributed by atoms with Gasteiger partial charge in [0, 0.05) is 0 Å². The molecule has 0 aliphatic rings. The van der Waals surface area contributed by atoms with E-state index < -0.39 is 43.8 Å². The predicted octanol–water partition coefficient (Wildman–Crippen LogP) is 7.96. The summed E-state index contributed by atoms with van der Waals surface area (Å²) in [5.74, 6) is -3.92. The molecule has 0 amide bonds. The molecular formula is C30H59O7P. The van der Waals surface area contributed by atoms with Gasteiger partial charge in [-0.3, -0.25) is 0 Å². The first-order valence-electron chi connectivity index (χ1n) is 15.5. The molecule has 226 valence electrons. The second-order valence-corrected chi connectivity index (χ2v) is 15.4. The van der Waals surface area contributed by atoms with E-state index in [4.69, 9.17) is 9.63 Å². The van der Waals surface area contributed by atoms with Crippen LogP contribution in [0.4, 0.5) is 0 Å². The van der Waals surface area contributed by atoms with Crippen molar-refractivity contribution in [2.75, 3.05) is 18.5 Å². The monoisotopic (exact) mass is 562 g/mol. The number of unbranched alkanes of at least 4 members (excludes halogenated alkanes) is 15. The molecule has 0 saturated heterocycles. The van der Waals surface area contributed by atoms with Crippen LogP contribution in [-0.4, -0.2) is 57.3 Å². The molecule has 38 heavy (non-hydrogen) atoms. The Balaban J connectivity index is 5.52. The van der Waals surface area contributed by atoms with Crippen molar-refractivity contribution < 1.29 is 34.2 Å². The zero-order valence-electron chi connectivity index (χ0n) is 24.7. The van der Waals surface area contributed by atoms with Crippen LogP contribution >= 0.6 is 7.49 Å². The van der Waals surface area contributed by atoms with Crippen molar-refractivity contribution in [3.63, 3.8) is 0 Å². The van der Waals surface area contributed by atoms with E-state index in [1.165, 1.54) is 57.8 Å². The Morgan fingerprint density at radius 3 is 1.24 bits per heavy atom. The van der Waals surface area contributed by atoms with Crippen molar-refractivity contribution in [2.45, 2.75) is 155 Å². The van der Waals surface area contributed by atoms with Crippen LogP contribution in [0.25, 0.3) is 0 Å². The number of hydrogen-bond acceptors (Lipinski definition) is 5. The Labute approximate surface area is 232 Å². The fraction of sp³-hybridized carbons (Fsp3) is 0.900. The Hall–Kier alpha value is -1.20. The maximum absolute atomic E-state index is 13.1. The van der Waals surface area contributed by atoms with Crippen molar-refractivity contribution in [3.05, 3.63) is 0 Å². The van der Waals surface area contributed by atoms with Gasteiger partial charge in [0.25, 0.3) is 0 Å². The van der Waals surface area contributed by atoms with Crippen LogP contribution < -0.4 is 0 Å². The van der Waals surface area contributed by atoms with E-state index in [9.17, 15) is 24.6 Å². The van der Waals surface area contributed by atoms with Gasteiger partial charge in [0.2, 0.25) is 0 Å². The molecule has 0 aromatic heterocycles. The number of rotatable bonds is 27.